The first-order valence-corrected chi connectivity index (χ1v) is 14.8. The number of benzene rings is 4. The van der Waals surface area contributed by atoms with Gasteiger partial charge >= 0.3 is 6.36 Å². The van der Waals surface area contributed by atoms with Gasteiger partial charge in [0, 0.05) is 37.3 Å². The van der Waals surface area contributed by atoms with Crippen molar-refractivity contribution < 1.29 is 23.0 Å². The lowest BCUT2D eigenvalue weighted by Crippen LogP contribution is -2.24. The topological polar surface area (TPSA) is 50.5 Å². The van der Waals surface area contributed by atoms with E-state index in [0.29, 0.717) is 19.6 Å². The minimum absolute atomic E-state index is 0.0321. The molecule has 5 aromatic rings. The third kappa shape index (κ3) is 8.15. The lowest BCUT2D eigenvalue weighted by Gasteiger charge is -2.25. The van der Waals surface area contributed by atoms with Gasteiger partial charge in [-0.3, -0.25) is 4.90 Å². The summed E-state index contributed by atoms with van der Waals surface area (Å²) < 4.78 is 44.7. The van der Waals surface area contributed by atoms with Crippen LogP contribution in [0.25, 0.3) is 22.6 Å². The molecule has 0 spiro atoms. The molecule has 0 amide bonds. The summed E-state index contributed by atoms with van der Waals surface area (Å²) in [6.07, 6.45) is -2.73. The van der Waals surface area contributed by atoms with Crippen LogP contribution in [0, 0.1) is 0 Å². The van der Waals surface area contributed by atoms with Crippen molar-refractivity contribution in [2.75, 3.05) is 0 Å². The van der Waals surface area contributed by atoms with Crippen molar-refractivity contribution in [2.45, 2.75) is 58.9 Å². The Balaban J connectivity index is 1.56. The van der Waals surface area contributed by atoms with Crippen LogP contribution in [0.4, 0.5) is 13.2 Å². The summed E-state index contributed by atoms with van der Waals surface area (Å²) in [7, 11) is 0. The average molecular weight is 600 g/mol. The van der Waals surface area contributed by atoms with E-state index in [1.54, 1.807) is 12.1 Å². The van der Waals surface area contributed by atoms with Crippen LogP contribution in [0.15, 0.2) is 109 Å². The van der Waals surface area contributed by atoms with E-state index in [2.05, 4.69) is 45.4 Å². The molecule has 1 N–H and O–H groups in total. The van der Waals surface area contributed by atoms with Crippen LogP contribution in [-0.2, 0) is 32.8 Å². The van der Waals surface area contributed by atoms with Crippen molar-refractivity contribution in [1.82, 2.24) is 14.5 Å². The highest BCUT2D eigenvalue weighted by molar-refractivity contribution is 5.68. The average Bonchev–Trinajstić information content (AvgIpc) is 3.39. The fraction of sp³-hybridized carbons (Fsp3) is 0.250. The molecular formula is C36H36F3N3O2. The number of nitrogens with zero attached hydrogens (tertiary/aromatic N) is 3. The van der Waals surface area contributed by atoms with Gasteiger partial charge in [-0.05, 0) is 35.2 Å². The number of aliphatic hydroxyl groups excluding tert-OH is 1. The number of halogens is 3. The van der Waals surface area contributed by atoms with Crippen LogP contribution >= 0.6 is 0 Å². The second kappa shape index (κ2) is 14.4. The van der Waals surface area contributed by atoms with Crippen molar-refractivity contribution in [3.05, 3.63) is 132 Å². The normalized spacial score (nSPS) is 11.7. The quantitative estimate of drug-likeness (QED) is 0.147. The van der Waals surface area contributed by atoms with Gasteiger partial charge < -0.3 is 14.4 Å². The largest absolute Gasteiger partial charge is 0.573 e. The molecule has 44 heavy (non-hydrogen) atoms. The molecule has 1 heterocycles. The van der Waals surface area contributed by atoms with Crippen LogP contribution in [-0.4, -0.2) is 25.9 Å². The molecule has 4 aromatic carbocycles. The number of rotatable bonds is 13. The molecule has 0 saturated carbocycles. The first kappa shape index (κ1) is 31.0. The van der Waals surface area contributed by atoms with E-state index < -0.39 is 6.36 Å². The zero-order valence-corrected chi connectivity index (χ0v) is 24.7. The summed E-state index contributed by atoms with van der Waals surface area (Å²) in [4.78, 5) is 7.50. The molecule has 5 rings (SSSR count). The molecule has 0 unspecified atom stereocenters. The van der Waals surface area contributed by atoms with E-state index in [1.807, 2.05) is 60.7 Å². The van der Waals surface area contributed by atoms with E-state index in [9.17, 15) is 18.3 Å². The van der Waals surface area contributed by atoms with Crippen molar-refractivity contribution in [3.63, 3.8) is 0 Å². The van der Waals surface area contributed by atoms with E-state index in [4.69, 9.17) is 4.98 Å². The Bertz CT molecular complexity index is 1600. The highest BCUT2D eigenvalue weighted by Crippen LogP contribution is 2.32. The Hall–Kier alpha value is -4.40. The van der Waals surface area contributed by atoms with Crippen LogP contribution in [0.3, 0.4) is 0 Å². The number of unbranched alkanes of at least 4 members (excludes halogenated alkanes) is 1. The number of hydrogen-bond donors (Lipinski definition) is 1. The molecule has 5 nitrogen and oxygen atoms in total. The molecule has 0 radical (unpaired) electrons. The predicted molar refractivity (Wildman–Crippen MR) is 166 cm³/mol. The highest BCUT2D eigenvalue weighted by Gasteiger charge is 2.31. The molecule has 0 aliphatic rings. The summed E-state index contributed by atoms with van der Waals surface area (Å²) in [6, 6.07) is 34.2. The monoisotopic (exact) mass is 599 g/mol. The van der Waals surface area contributed by atoms with Crippen LogP contribution in [0.2, 0.25) is 0 Å². The molecule has 0 aliphatic carbocycles. The van der Waals surface area contributed by atoms with Crippen molar-refractivity contribution in [3.8, 4) is 28.4 Å². The first-order chi connectivity index (χ1) is 21.3. The Labute approximate surface area is 256 Å². The highest BCUT2D eigenvalue weighted by atomic mass is 19.4. The number of alkyl halides is 3. The second-order valence-electron chi connectivity index (χ2n) is 10.8. The van der Waals surface area contributed by atoms with Gasteiger partial charge in [-0.2, -0.15) is 0 Å². The molecule has 0 saturated heterocycles. The van der Waals surface area contributed by atoms with Gasteiger partial charge in [-0.25, -0.2) is 4.98 Å². The zero-order chi connectivity index (χ0) is 30.9. The summed E-state index contributed by atoms with van der Waals surface area (Å²) in [5, 5.41) is 9.53. The van der Waals surface area contributed by atoms with Crippen LogP contribution in [0.5, 0.6) is 5.75 Å². The lowest BCUT2D eigenvalue weighted by atomic mass is 10.1. The van der Waals surface area contributed by atoms with Gasteiger partial charge in [0.2, 0.25) is 0 Å². The third-order valence-electron chi connectivity index (χ3n) is 7.44. The molecule has 0 fully saturated rings. The van der Waals surface area contributed by atoms with Crippen molar-refractivity contribution in [1.29, 1.82) is 0 Å². The number of aliphatic hydroxyl groups is 1. The minimum Gasteiger partial charge on any atom is -0.406 e. The Morgan fingerprint density at radius 2 is 1.27 bits per heavy atom. The third-order valence-corrected chi connectivity index (χ3v) is 7.44. The predicted octanol–water partition coefficient (Wildman–Crippen LogP) is 8.61. The van der Waals surface area contributed by atoms with Gasteiger partial charge in [-0.1, -0.05) is 110 Å². The molecule has 1 aromatic heterocycles. The molecular weight excluding hydrogens is 563 g/mol. The number of ether oxygens (including phenoxy) is 1. The smallest absolute Gasteiger partial charge is 0.406 e. The van der Waals surface area contributed by atoms with Crippen molar-refractivity contribution in [2.24, 2.45) is 0 Å². The lowest BCUT2D eigenvalue weighted by molar-refractivity contribution is -0.274. The second-order valence-corrected chi connectivity index (χ2v) is 10.8. The number of aromatic nitrogens is 2. The summed E-state index contributed by atoms with van der Waals surface area (Å²) in [5.41, 5.74) is 6.80. The van der Waals surface area contributed by atoms with Gasteiger partial charge in [0.15, 0.2) is 0 Å². The van der Waals surface area contributed by atoms with E-state index in [0.717, 1.165) is 64.4 Å². The first-order valence-electron chi connectivity index (χ1n) is 14.8. The van der Waals surface area contributed by atoms with Gasteiger partial charge in [-0.15, -0.1) is 13.2 Å². The summed E-state index contributed by atoms with van der Waals surface area (Å²) >= 11 is 0. The van der Waals surface area contributed by atoms with Crippen molar-refractivity contribution >= 4 is 0 Å². The molecule has 0 bridgehead atoms. The SMILES string of the molecule is CCCCn1c(-c2ccccc2)nc(-c2ccccc2)c1CN(Cc1ccc(CO)cc1)Cc1ccc(OC(F)(F)F)cc1. The van der Waals surface area contributed by atoms with Gasteiger partial charge in [0.1, 0.15) is 11.6 Å². The Kier molecular flexibility index (Phi) is 10.1. The molecule has 0 aliphatic heterocycles. The standard InChI is InChI=1S/C36H36F3N3O2/c1-2-3-22-42-33(34(30-10-6-4-7-11-30)40-35(42)31-12-8-5-9-13-31)25-41(23-27-14-16-29(26-43)17-15-27)24-28-18-20-32(21-19-28)44-36(37,38)39/h4-21,43H,2-3,22-26H2,1H3. The van der Waals surface area contributed by atoms with Gasteiger partial charge in [0.05, 0.1) is 18.0 Å². The maximum absolute atomic E-state index is 12.8. The molecule has 0 atom stereocenters. The van der Waals surface area contributed by atoms with E-state index in [1.165, 1.54) is 12.1 Å². The fourth-order valence-electron chi connectivity index (χ4n) is 5.28. The Morgan fingerprint density at radius 3 is 1.82 bits per heavy atom. The van der Waals surface area contributed by atoms with E-state index >= 15 is 0 Å². The Morgan fingerprint density at radius 1 is 0.727 bits per heavy atom. The number of imidazole rings is 1. The van der Waals surface area contributed by atoms with Gasteiger partial charge in [0.25, 0.3) is 0 Å². The van der Waals surface area contributed by atoms with Crippen LogP contribution in [0.1, 0.15) is 42.1 Å². The van der Waals surface area contributed by atoms with E-state index in [-0.39, 0.29) is 12.4 Å². The maximum atomic E-state index is 12.8. The molecule has 228 valence electrons. The molecule has 8 heteroatoms. The summed E-state index contributed by atoms with van der Waals surface area (Å²) in [6.45, 7) is 4.57. The maximum Gasteiger partial charge on any atom is 0.573 e. The number of hydrogen-bond acceptors (Lipinski definition) is 4. The zero-order valence-electron chi connectivity index (χ0n) is 24.7. The summed E-state index contributed by atoms with van der Waals surface area (Å²) in [5.74, 6) is 0.665. The van der Waals surface area contributed by atoms with Crippen LogP contribution < -0.4 is 4.74 Å². The minimum atomic E-state index is -4.74. The fourth-order valence-corrected chi connectivity index (χ4v) is 5.28.